The van der Waals surface area contributed by atoms with Gasteiger partial charge in [-0.1, -0.05) is 170 Å². The van der Waals surface area contributed by atoms with E-state index in [9.17, 15) is 0 Å². The maximum Gasteiger partial charge on any atom is -0.00924 e. The summed E-state index contributed by atoms with van der Waals surface area (Å²) in [6, 6.07) is 66.1. The van der Waals surface area contributed by atoms with Crippen LogP contribution in [0, 0.1) is 83.1 Å². The highest BCUT2D eigenvalue weighted by atomic mass is 31.1. The molecule has 0 amide bonds. The molecule has 0 saturated heterocycles. The van der Waals surface area contributed by atoms with Gasteiger partial charge in [-0.25, -0.2) is 0 Å². The molecule has 0 unspecified atom stereocenters. The number of aryl methyl sites for hydroxylation is 22. The predicted molar refractivity (Wildman–Crippen MR) is 395 cm³/mol. The topological polar surface area (TPSA) is 0 Å². The van der Waals surface area contributed by atoms with Crippen LogP contribution in [0.15, 0.2) is 170 Å². The minimum atomic E-state index is -0.728. The Kier molecular flexibility index (Phi) is 19.6. The first-order valence-electron chi connectivity index (χ1n) is 34.1. The monoisotopic (exact) mass is 1210 g/mol. The molecule has 90 heavy (non-hydrogen) atoms. The molecule has 2 heteroatoms. The van der Waals surface area contributed by atoms with E-state index in [1.54, 1.807) is 44.0 Å². The second-order valence-corrected chi connectivity index (χ2v) is 31.4. The van der Waals surface area contributed by atoms with Crippen LogP contribution in [0.3, 0.4) is 0 Å². The van der Waals surface area contributed by atoms with Crippen LogP contribution in [0.2, 0.25) is 0 Å². The van der Waals surface area contributed by atoms with Gasteiger partial charge in [-0.05, 0) is 378 Å². The van der Waals surface area contributed by atoms with E-state index in [0.717, 1.165) is 51.4 Å². The minimum absolute atomic E-state index is 0.728. The molecule has 0 N–H and O–H groups in total. The lowest BCUT2D eigenvalue weighted by atomic mass is 9.78. The molecule has 0 heterocycles. The lowest BCUT2D eigenvalue weighted by Crippen LogP contribution is -2.30. The molecule has 10 aromatic carbocycles. The molecule has 10 aromatic rings. The Morgan fingerprint density at radius 1 is 0.211 bits per heavy atom. The van der Waals surface area contributed by atoms with Gasteiger partial charge in [0.1, 0.15) is 0 Å². The van der Waals surface area contributed by atoms with Gasteiger partial charge in [0.25, 0.3) is 0 Å². The summed E-state index contributed by atoms with van der Waals surface area (Å²) in [5, 5.41) is 9.23. The molecule has 8 bridgehead atoms. The minimum Gasteiger partial charge on any atom is -0.0617 e. The van der Waals surface area contributed by atoms with E-state index in [4.69, 9.17) is 0 Å². The fourth-order valence-corrected chi connectivity index (χ4v) is 22.2. The van der Waals surface area contributed by atoms with E-state index in [-0.39, 0.29) is 0 Å². The zero-order chi connectivity index (χ0) is 62.7. The first-order valence-corrected chi connectivity index (χ1v) is 36.8. The SMILES string of the molecule is Cc1cc2ccc1CCc1ccc(c(C)c1)CC2.Cc1ccc2c(c1-c1c(C)ccc3c1CCCC3)CCCC2.Cc1cccc(C)c1P(c1cc2ccc1CCc1ccc(c(P(c3c(C)cccc3C)c3c(C)cccc3C)c1)CC2)c1c(C)cccc1C. The van der Waals surface area contributed by atoms with E-state index < -0.39 is 15.8 Å². The molecule has 10 aliphatic rings. The van der Waals surface area contributed by atoms with Crippen molar-refractivity contribution in [1.82, 2.24) is 0 Å². The highest BCUT2D eigenvalue weighted by molar-refractivity contribution is 7.80. The Morgan fingerprint density at radius 2 is 0.478 bits per heavy atom. The van der Waals surface area contributed by atoms with Crippen LogP contribution >= 0.6 is 15.8 Å². The molecule has 0 aliphatic heterocycles. The predicted octanol–water partition coefficient (Wildman–Crippen LogP) is 19.5. The molecule has 0 spiro atoms. The van der Waals surface area contributed by atoms with E-state index in [1.165, 1.54) is 184 Å². The van der Waals surface area contributed by atoms with Crippen LogP contribution in [0.25, 0.3) is 11.1 Å². The molecule has 0 nitrogen and oxygen atoms in total. The van der Waals surface area contributed by atoms with Crippen molar-refractivity contribution in [2.45, 2.75) is 186 Å². The first-order chi connectivity index (χ1) is 43.6. The van der Waals surface area contributed by atoms with Crippen LogP contribution in [0.4, 0.5) is 0 Å². The van der Waals surface area contributed by atoms with Gasteiger partial charge in [-0.2, -0.15) is 0 Å². The number of benzene rings is 10. The van der Waals surface area contributed by atoms with Crippen molar-refractivity contribution in [1.29, 1.82) is 0 Å². The second-order valence-electron chi connectivity index (χ2n) is 27.3. The quantitative estimate of drug-likeness (QED) is 0.140. The Hall–Kier alpha value is -6.94. The van der Waals surface area contributed by atoms with E-state index in [0.29, 0.717) is 0 Å². The highest BCUT2D eigenvalue weighted by Crippen LogP contribution is 2.44. The number of rotatable bonds is 7. The molecule has 0 fully saturated rings. The third-order valence-corrected chi connectivity index (χ3v) is 27.1. The summed E-state index contributed by atoms with van der Waals surface area (Å²) in [6.07, 6.45) is 19.3. The van der Waals surface area contributed by atoms with Crippen LogP contribution < -0.4 is 31.8 Å². The van der Waals surface area contributed by atoms with Gasteiger partial charge in [-0.15, -0.1) is 0 Å². The van der Waals surface area contributed by atoms with Gasteiger partial charge in [0.15, 0.2) is 0 Å². The van der Waals surface area contributed by atoms with Gasteiger partial charge in [0.2, 0.25) is 0 Å². The molecule has 0 saturated carbocycles. The largest absolute Gasteiger partial charge is 0.0617 e. The van der Waals surface area contributed by atoms with Gasteiger partial charge in [0.05, 0.1) is 0 Å². The number of fused-ring (bicyclic) bond motifs is 2. The summed E-state index contributed by atoms with van der Waals surface area (Å²) in [5.74, 6) is 0. The van der Waals surface area contributed by atoms with E-state index in [1.807, 2.05) is 0 Å². The molecule has 0 aromatic heterocycles. The maximum atomic E-state index is 2.62. The normalized spacial score (nSPS) is 14.2. The summed E-state index contributed by atoms with van der Waals surface area (Å²) in [4.78, 5) is 0. The van der Waals surface area contributed by atoms with Crippen LogP contribution in [-0.2, 0) is 77.0 Å². The molecule has 458 valence electrons. The van der Waals surface area contributed by atoms with Crippen molar-refractivity contribution in [2.75, 3.05) is 0 Å². The summed E-state index contributed by atoms with van der Waals surface area (Å²) in [6.45, 7) is 27.7. The maximum absolute atomic E-state index is 2.62. The Bertz CT molecular complexity index is 3840. The highest BCUT2D eigenvalue weighted by Gasteiger charge is 2.30. The van der Waals surface area contributed by atoms with Crippen LogP contribution in [0.1, 0.15) is 159 Å². The third-order valence-electron chi connectivity index (χ3n) is 20.7. The molecular formula is C88H96P2. The lowest BCUT2D eigenvalue weighted by molar-refractivity contribution is 0.680. The Balaban J connectivity index is 0.000000159. The fourth-order valence-electron chi connectivity index (χ4n) is 15.8. The molecule has 20 rings (SSSR count). The Morgan fingerprint density at radius 3 is 0.789 bits per heavy atom. The van der Waals surface area contributed by atoms with Crippen molar-refractivity contribution in [3.63, 3.8) is 0 Å². The molecular weight excluding hydrogens is 1120 g/mol. The standard InChI is InChI=1S/C48H50P2.C22H26.C18H20/c1-31-13-9-14-32(2)45(31)49(46-33(3)15-10-16-34(46)4)43-29-39-21-25-41(43)27-23-40-22-26-42(28-24-39)44(30-40)50(47-35(5)17-11-18-36(47)6)48-37(7)19-12-20-38(48)8;1-15-11-13-17-7-3-5-9-19(17)21(15)22-16(2)12-14-18-8-4-6-10-20(18)22;1-13-11-15-3-7-17(13)9-5-16-4-8-18(10-6-15)14(2)12-16/h9-22,25-26,29-30H,23-24,27-28H2,1-8H3;11-14H,3-10H2,1-2H3;3-4,7-8,11-12H,5-6,9-10H2,1-2H3. The van der Waals surface area contributed by atoms with E-state index >= 15 is 0 Å². The first kappa shape index (κ1) is 63.2. The van der Waals surface area contributed by atoms with Gasteiger partial charge >= 0.3 is 0 Å². The lowest BCUT2D eigenvalue weighted by Gasteiger charge is -2.30. The second kappa shape index (κ2) is 27.9. The van der Waals surface area contributed by atoms with Crippen molar-refractivity contribution < 1.29 is 0 Å². The average molecular weight is 1220 g/mol. The summed E-state index contributed by atoms with van der Waals surface area (Å²) < 4.78 is 0. The van der Waals surface area contributed by atoms with Crippen molar-refractivity contribution >= 4 is 47.7 Å². The third kappa shape index (κ3) is 13.4. The molecule has 0 atom stereocenters. The fraction of sp³-hybridized carbons (Fsp3) is 0.318. The van der Waals surface area contributed by atoms with E-state index in [2.05, 4.69) is 253 Å². The van der Waals surface area contributed by atoms with Gasteiger partial charge < -0.3 is 0 Å². The molecule has 0 radical (unpaired) electrons. The molecule has 10 aliphatic carbocycles. The summed E-state index contributed by atoms with van der Waals surface area (Å²) in [5.41, 5.74) is 38.7. The van der Waals surface area contributed by atoms with Crippen molar-refractivity contribution in [2.24, 2.45) is 0 Å². The van der Waals surface area contributed by atoms with Gasteiger partial charge in [0, 0.05) is 0 Å². The summed E-state index contributed by atoms with van der Waals surface area (Å²) >= 11 is 0. The number of hydrogen-bond acceptors (Lipinski definition) is 0. The summed E-state index contributed by atoms with van der Waals surface area (Å²) in [7, 11) is -1.46. The van der Waals surface area contributed by atoms with Crippen molar-refractivity contribution in [3.8, 4) is 11.1 Å². The smallest absolute Gasteiger partial charge is 0.00924 e. The van der Waals surface area contributed by atoms with Crippen molar-refractivity contribution in [3.05, 3.63) is 303 Å². The van der Waals surface area contributed by atoms with Gasteiger partial charge in [-0.3, -0.25) is 0 Å². The van der Waals surface area contributed by atoms with Crippen LogP contribution in [-0.4, -0.2) is 0 Å². The van der Waals surface area contributed by atoms with Crippen LogP contribution in [0.5, 0.6) is 0 Å². The zero-order valence-corrected chi connectivity index (χ0v) is 58.2. The number of hydrogen-bond donors (Lipinski definition) is 0. The zero-order valence-electron chi connectivity index (χ0n) is 56.4. The Labute approximate surface area is 544 Å². The average Bonchev–Trinajstić information content (AvgIpc) is 0.992.